The molecule has 0 saturated carbocycles. The van der Waals surface area contributed by atoms with Gasteiger partial charge in [0.1, 0.15) is 0 Å². The number of rotatable bonds is 1. The van der Waals surface area contributed by atoms with Gasteiger partial charge in [0.25, 0.3) is 0 Å². The van der Waals surface area contributed by atoms with E-state index in [1.54, 1.807) is 17.0 Å². The average Bonchev–Trinajstić information content (AvgIpc) is 2.29. The second-order valence-corrected chi connectivity index (χ2v) is 3.68. The molecule has 0 radical (unpaired) electrons. The molecule has 0 aliphatic carbocycles. The van der Waals surface area contributed by atoms with Crippen LogP contribution in [0.1, 0.15) is 0 Å². The SMILES string of the molecule is FC(F)(F)C1CN(c2ccccc2)CCO1. The molecule has 0 spiro atoms. The van der Waals surface area contributed by atoms with Crippen molar-refractivity contribution in [2.24, 2.45) is 0 Å². The first-order valence-electron chi connectivity index (χ1n) is 5.05. The van der Waals surface area contributed by atoms with Crippen molar-refractivity contribution in [3.8, 4) is 0 Å². The molecular weight excluding hydrogens is 219 g/mol. The molecule has 2 rings (SSSR count). The van der Waals surface area contributed by atoms with Crippen LogP contribution in [0.5, 0.6) is 0 Å². The predicted octanol–water partition coefficient (Wildman–Crippen LogP) is 2.45. The van der Waals surface area contributed by atoms with Crippen molar-refractivity contribution in [2.75, 3.05) is 24.6 Å². The summed E-state index contributed by atoms with van der Waals surface area (Å²) < 4.78 is 42.2. The van der Waals surface area contributed by atoms with E-state index in [1.807, 2.05) is 18.2 Å². The van der Waals surface area contributed by atoms with E-state index in [0.717, 1.165) is 5.69 Å². The van der Waals surface area contributed by atoms with E-state index in [9.17, 15) is 13.2 Å². The Morgan fingerprint density at radius 2 is 1.88 bits per heavy atom. The maximum absolute atomic E-state index is 12.5. The van der Waals surface area contributed by atoms with E-state index in [2.05, 4.69) is 0 Å². The smallest absolute Gasteiger partial charge is 0.366 e. The van der Waals surface area contributed by atoms with Crippen LogP contribution in [0.4, 0.5) is 18.9 Å². The molecule has 0 amide bonds. The number of halogens is 3. The van der Waals surface area contributed by atoms with Crippen LogP contribution in [-0.2, 0) is 4.74 Å². The maximum Gasteiger partial charge on any atom is 0.416 e. The highest BCUT2D eigenvalue weighted by Crippen LogP contribution is 2.27. The largest absolute Gasteiger partial charge is 0.416 e. The summed E-state index contributed by atoms with van der Waals surface area (Å²) in [5.74, 6) is 0. The number of benzene rings is 1. The Morgan fingerprint density at radius 3 is 2.50 bits per heavy atom. The van der Waals surface area contributed by atoms with Crippen LogP contribution < -0.4 is 4.90 Å². The summed E-state index contributed by atoms with van der Waals surface area (Å²) in [6, 6.07) is 9.07. The monoisotopic (exact) mass is 231 g/mol. The zero-order chi connectivity index (χ0) is 11.6. The molecule has 1 atom stereocenters. The summed E-state index contributed by atoms with van der Waals surface area (Å²) in [5, 5.41) is 0. The molecule has 16 heavy (non-hydrogen) atoms. The lowest BCUT2D eigenvalue weighted by molar-refractivity contribution is -0.221. The van der Waals surface area contributed by atoms with Crippen molar-refractivity contribution >= 4 is 5.69 Å². The summed E-state index contributed by atoms with van der Waals surface area (Å²) in [6.45, 7) is 0.475. The lowest BCUT2D eigenvalue weighted by Crippen LogP contribution is -2.49. The van der Waals surface area contributed by atoms with E-state index >= 15 is 0 Å². The number of anilines is 1. The molecule has 5 heteroatoms. The number of morpholine rings is 1. The Hall–Kier alpha value is -1.23. The molecule has 0 aromatic heterocycles. The van der Waals surface area contributed by atoms with Gasteiger partial charge in [-0.05, 0) is 12.1 Å². The average molecular weight is 231 g/mol. The van der Waals surface area contributed by atoms with Gasteiger partial charge in [-0.2, -0.15) is 13.2 Å². The normalized spacial score (nSPS) is 22.2. The Kier molecular flexibility index (Phi) is 3.05. The molecule has 1 aliphatic heterocycles. The molecule has 1 heterocycles. The van der Waals surface area contributed by atoms with Crippen LogP contribution in [0.25, 0.3) is 0 Å². The zero-order valence-corrected chi connectivity index (χ0v) is 8.57. The molecule has 0 bridgehead atoms. The van der Waals surface area contributed by atoms with Crippen LogP contribution >= 0.6 is 0 Å². The fourth-order valence-electron chi connectivity index (χ4n) is 1.72. The van der Waals surface area contributed by atoms with E-state index in [-0.39, 0.29) is 13.2 Å². The van der Waals surface area contributed by atoms with Crippen LogP contribution in [0.15, 0.2) is 30.3 Å². The molecule has 2 nitrogen and oxygen atoms in total. The highest BCUT2D eigenvalue weighted by molar-refractivity contribution is 5.46. The van der Waals surface area contributed by atoms with Gasteiger partial charge >= 0.3 is 6.18 Å². The first-order chi connectivity index (χ1) is 7.57. The summed E-state index contributed by atoms with van der Waals surface area (Å²) in [7, 11) is 0. The number of hydrogen-bond donors (Lipinski definition) is 0. The fraction of sp³-hybridized carbons (Fsp3) is 0.455. The van der Waals surface area contributed by atoms with Gasteiger partial charge in [0.15, 0.2) is 6.10 Å². The third kappa shape index (κ3) is 2.47. The maximum atomic E-state index is 12.5. The third-order valence-electron chi connectivity index (χ3n) is 2.55. The summed E-state index contributed by atoms with van der Waals surface area (Å²) in [4.78, 5) is 1.70. The Balaban J connectivity index is 2.08. The Morgan fingerprint density at radius 1 is 1.19 bits per heavy atom. The van der Waals surface area contributed by atoms with Gasteiger partial charge in [0.2, 0.25) is 0 Å². The quantitative estimate of drug-likeness (QED) is 0.736. The van der Waals surface area contributed by atoms with Gasteiger partial charge in [-0.25, -0.2) is 0 Å². The second-order valence-electron chi connectivity index (χ2n) is 3.68. The lowest BCUT2D eigenvalue weighted by atomic mass is 10.2. The van der Waals surface area contributed by atoms with Gasteiger partial charge in [-0.1, -0.05) is 18.2 Å². The Labute approximate surface area is 91.6 Å². The summed E-state index contributed by atoms with van der Waals surface area (Å²) in [6.07, 6.45) is -5.96. The number of para-hydroxylation sites is 1. The minimum absolute atomic E-state index is 0.110. The van der Waals surface area contributed by atoms with Crippen LogP contribution in [0, 0.1) is 0 Å². The molecule has 1 aliphatic rings. The number of ether oxygens (including phenoxy) is 1. The van der Waals surface area contributed by atoms with Gasteiger partial charge in [0, 0.05) is 12.2 Å². The van der Waals surface area contributed by atoms with Gasteiger partial charge in [-0.15, -0.1) is 0 Å². The molecule has 1 aromatic carbocycles. The van der Waals surface area contributed by atoms with Crippen molar-refractivity contribution in [1.29, 1.82) is 0 Å². The standard InChI is InChI=1S/C11H12F3NO/c12-11(13,14)10-8-15(6-7-16-10)9-4-2-1-3-5-9/h1-5,10H,6-8H2. The zero-order valence-electron chi connectivity index (χ0n) is 8.57. The first kappa shape index (κ1) is 11.3. The van der Waals surface area contributed by atoms with E-state index in [0.29, 0.717) is 6.54 Å². The molecular formula is C11H12F3NO. The van der Waals surface area contributed by atoms with Gasteiger partial charge in [-0.3, -0.25) is 0 Å². The second kappa shape index (κ2) is 4.33. The molecule has 0 N–H and O–H groups in total. The van der Waals surface area contributed by atoms with Gasteiger partial charge in [0.05, 0.1) is 13.2 Å². The topological polar surface area (TPSA) is 12.5 Å². The molecule has 1 fully saturated rings. The van der Waals surface area contributed by atoms with E-state index in [1.165, 1.54) is 0 Å². The van der Waals surface area contributed by atoms with Crippen molar-refractivity contribution in [3.05, 3.63) is 30.3 Å². The number of nitrogens with zero attached hydrogens (tertiary/aromatic N) is 1. The van der Waals surface area contributed by atoms with Gasteiger partial charge < -0.3 is 9.64 Å². The predicted molar refractivity (Wildman–Crippen MR) is 54.5 cm³/mol. The molecule has 1 aromatic rings. The Bertz CT molecular complexity index is 339. The van der Waals surface area contributed by atoms with E-state index < -0.39 is 12.3 Å². The minimum Gasteiger partial charge on any atom is -0.366 e. The van der Waals surface area contributed by atoms with Crippen LogP contribution in [-0.4, -0.2) is 32.0 Å². The van der Waals surface area contributed by atoms with Crippen LogP contribution in [0.2, 0.25) is 0 Å². The molecule has 88 valence electrons. The highest BCUT2D eigenvalue weighted by atomic mass is 19.4. The fourth-order valence-corrected chi connectivity index (χ4v) is 1.72. The van der Waals surface area contributed by atoms with Crippen molar-refractivity contribution in [3.63, 3.8) is 0 Å². The number of hydrogen-bond acceptors (Lipinski definition) is 2. The van der Waals surface area contributed by atoms with Crippen molar-refractivity contribution in [2.45, 2.75) is 12.3 Å². The van der Waals surface area contributed by atoms with Crippen molar-refractivity contribution < 1.29 is 17.9 Å². The first-order valence-corrected chi connectivity index (χ1v) is 5.05. The minimum atomic E-state index is -4.28. The van der Waals surface area contributed by atoms with Crippen LogP contribution in [0.3, 0.4) is 0 Å². The highest BCUT2D eigenvalue weighted by Gasteiger charge is 2.43. The van der Waals surface area contributed by atoms with E-state index in [4.69, 9.17) is 4.74 Å². The lowest BCUT2D eigenvalue weighted by Gasteiger charge is -2.35. The number of alkyl halides is 3. The van der Waals surface area contributed by atoms with Crippen molar-refractivity contribution in [1.82, 2.24) is 0 Å². The molecule has 1 saturated heterocycles. The summed E-state index contributed by atoms with van der Waals surface area (Å²) >= 11 is 0. The molecule has 1 unspecified atom stereocenters. The third-order valence-corrected chi connectivity index (χ3v) is 2.55. The summed E-state index contributed by atoms with van der Waals surface area (Å²) in [5.41, 5.74) is 0.806.